The second-order valence-electron chi connectivity index (χ2n) is 5.60. The van der Waals surface area contributed by atoms with Crippen LogP contribution in [0.5, 0.6) is 5.75 Å². The molecule has 0 unspecified atom stereocenters. The van der Waals surface area contributed by atoms with Gasteiger partial charge >= 0.3 is 0 Å². The minimum absolute atomic E-state index is 0.0765. The lowest BCUT2D eigenvalue weighted by molar-refractivity contribution is -0.122. The Kier molecular flexibility index (Phi) is 4.90. The average molecular weight is 356 g/mol. The largest absolute Gasteiger partial charge is 0.506 e. The van der Waals surface area contributed by atoms with Gasteiger partial charge in [0.05, 0.1) is 4.91 Å². The standard InChI is InChI=1S/C19H17FN2O2S/c1-3-22-18(24)17(11-13-5-7-14(20)8-6-13)25-19(22)21-15-9-4-12(2)10-16(15)23/h4-11,23H,3H2,1-2H3/b17-11-,21-19?. The highest BCUT2D eigenvalue weighted by Gasteiger charge is 2.32. The van der Waals surface area contributed by atoms with Crippen molar-refractivity contribution in [2.45, 2.75) is 13.8 Å². The second kappa shape index (κ2) is 7.11. The van der Waals surface area contributed by atoms with Crippen molar-refractivity contribution in [3.63, 3.8) is 0 Å². The molecule has 6 heteroatoms. The van der Waals surface area contributed by atoms with E-state index in [9.17, 15) is 14.3 Å². The van der Waals surface area contributed by atoms with E-state index in [-0.39, 0.29) is 17.5 Å². The monoisotopic (exact) mass is 356 g/mol. The molecule has 128 valence electrons. The number of aliphatic imine (C=N–C) groups is 1. The molecule has 1 aliphatic rings. The van der Waals surface area contributed by atoms with E-state index in [2.05, 4.69) is 4.99 Å². The van der Waals surface area contributed by atoms with Crippen molar-refractivity contribution < 1.29 is 14.3 Å². The van der Waals surface area contributed by atoms with Gasteiger partial charge in [-0.1, -0.05) is 18.2 Å². The van der Waals surface area contributed by atoms with Crippen molar-refractivity contribution in [2.24, 2.45) is 4.99 Å². The fourth-order valence-electron chi connectivity index (χ4n) is 2.41. The SMILES string of the molecule is CCN1C(=O)/C(=C/c2ccc(F)cc2)SC1=Nc1ccc(C)cc1O. The fraction of sp³-hybridized carbons (Fsp3) is 0.158. The lowest BCUT2D eigenvalue weighted by Gasteiger charge is -2.12. The van der Waals surface area contributed by atoms with Crippen molar-refractivity contribution in [2.75, 3.05) is 6.54 Å². The van der Waals surface area contributed by atoms with Crippen LogP contribution in [0.15, 0.2) is 52.4 Å². The number of hydrogen-bond donors (Lipinski definition) is 1. The lowest BCUT2D eigenvalue weighted by Crippen LogP contribution is -2.28. The molecule has 2 aromatic carbocycles. The minimum Gasteiger partial charge on any atom is -0.506 e. The number of amidine groups is 1. The molecule has 0 atom stereocenters. The number of benzene rings is 2. The van der Waals surface area contributed by atoms with Gasteiger partial charge in [-0.15, -0.1) is 0 Å². The molecule has 25 heavy (non-hydrogen) atoms. The van der Waals surface area contributed by atoms with Crippen molar-refractivity contribution in [3.8, 4) is 5.75 Å². The number of likely N-dealkylation sites (N-methyl/N-ethyl adjacent to an activating group) is 1. The molecule has 0 spiro atoms. The summed E-state index contributed by atoms with van der Waals surface area (Å²) in [7, 11) is 0. The smallest absolute Gasteiger partial charge is 0.266 e. The van der Waals surface area contributed by atoms with Gasteiger partial charge in [-0.05, 0) is 67.1 Å². The molecule has 0 saturated carbocycles. The topological polar surface area (TPSA) is 52.9 Å². The molecule has 1 heterocycles. The molecule has 1 N–H and O–H groups in total. The Hall–Kier alpha value is -2.60. The maximum Gasteiger partial charge on any atom is 0.266 e. The van der Waals surface area contributed by atoms with Crippen LogP contribution in [0, 0.1) is 12.7 Å². The second-order valence-corrected chi connectivity index (χ2v) is 6.61. The first-order valence-electron chi connectivity index (χ1n) is 7.83. The predicted molar refractivity (Wildman–Crippen MR) is 99.3 cm³/mol. The summed E-state index contributed by atoms with van der Waals surface area (Å²) in [6, 6.07) is 11.2. The number of phenolic OH excluding ortho intramolecular Hbond substituents is 1. The van der Waals surface area contributed by atoms with E-state index >= 15 is 0 Å². The van der Waals surface area contributed by atoms with Crippen LogP contribution in [0.4, 0.5) is 10.1 Å². The highest BCUT2D eigenvalue weighted by Crippen LogP contribution is 2.36. The number of hydrogen-bond acceptors (Lipinski definition) is 4. The predicted octanol–water partition coefficient (Wildman–Crippen LogP) is 4.46. The van der Waals surface area contributed by atoms with Gasteiger partial charge in [0.1, 0.15) is 17.3 Å². The summed E-state index contributed by atoms with van der Waals surface area (Å²) in [6.07, 6.45) is 1.71. The Labute approximate surface area is 149 Å². The summed E-state index contributed by atoms with van der Waals surface area (Å²) >= 11 is 1.24. The van der Waals surface area contributed by atoms with Crippen molar-refractivity contribution in [1.29, 1.82) is 0 Å². The van der Waals surface area contributed by atoms with Crippen molar-refractivity contribution in [3.05, 3.63) is 64.3 Å². The Morgan fingerprint density at radius 1 is 1.24 bits per heavy atom. The number of amides is 1. The number of halogens is 1. The van der Waals surface area contributed by atoms with Crippen molar-refractivity contribution in [1.82, 2.24) is 4.90 Å². The van der Waals surface area contributed by atoms with Gasteiger partial charge in [0.2, 0.25) is 0 Å². The van der Waals surface area contributed by atoms with Gasteiger partial charge in [-0.2, -0.15) is 0 Å². The highest BCUT2D eigenvalue weighted by atomic mass is 32.2. The summed E-state index contributed by atoms with van der Waals surface area (Å²) in [6.45, 7) is 4.22. The molecule has 0 radical (unpaired) electrons. The Balaban J connectivity index is 1.94. The maximum atomic E-state index is 13.0. The van der Waals surface area contributed by atoms with Gasteiger partial charge in [0.25, 0.3) is 5.91 Å². The van der Waals surface area contributed by atoms with Crippen LogP contribution in [-0.2, 0) is 4.79 Å². The number of aromatic hydroxyl groups is 1. The maximum absolute atomic E-state index is 13.0. The van der Waals surface area contributed by atoms with Crippen LogP contribution in [0.2, 0.25) is 0 Å². The Bertz CT molecular complexity index is 875. The first kappa shape index (κ1) is 17.2. The van der Waals surface area contributed by atoms with Crippen LogP contribution in [0.1, 0.15) is 18.1 Å². The van der Waals surface area contributed by atoms with Crippen LogP contribution >= 0.6 is 11.8 Å². The number of nitrogens with zero attached hydrogens (tertiary/aromatic N) is 2. The number of carbonyl (C=O) groups is 1. The quantitative estimate of drug-likeness (QED) is 0.826. The van der Waals surface area contributed by atoms with E-state index in [4.69, 9.17) is 0 Å². The van der Waals surface area contributed by atoms with Gasteiger partial charge in [0.15, 0.2) is 5.17 Å². The van der Waals surface area contributed by atoms with Gasteiger partial charge in [-0.25, -0.2) is 9.38 Å². The van der Waals surface area contributed by atoms with E-state index in [1.807, 2.05) is 19.9 Å². The van der Waals surface area contributed by atoms with E-state index in [1.165, 1.54) is 23.9 Å². The summed E-state index contributed by atoms with van der Waals surface area (Å²) in [5.74, 6) is -0.394. The fourth-order valence-corrected chi connectivity index (χ4v) is 3.47. The molecule has 0 aromatic heterocycles. The first-order chi connectivity index (χ1) is 12.0. The lowest BCUT2D eigenvalue weighted by atomic mass is 10.2. The van der Waals surface area contributed by atoms with E-state index < -0.39 is 0 Å². The number of carbonyl (C=O) groups excluding carboxylic acids is 1. The third-order valence-electron chi connectivity index (χ3n) is 3.72. The number of phenols is 1. The van der Waals surface area contributed by atoms with Gasteiger partial charge < -0.3 is 5.11 Å². The van der Waals surface area contributed by atoms with Gasteiger partial charge in [0, 0.05) is 6.54 Å². The summed E-state index contributed by atoms with van der Waals surface area (Å²) in [5, 5.41) is 10.5. The van der Waals surface area contributed by atoms with Crippen LogP contribution < -0.4 is 0 Å². The zero-order valence-corrected chi connectivity index (χ0v) is 14.7. The molecule has 1 saturated heterocycles. The summed E-state index contributed by atoms with van der Waals surface area (Å²) in [4.78, 5) is 19.1. The summed E-state index contributed by atoms with van der Waals surface area (Å²) in [5.41, 5.74) is 2.09. The zero-order valence-electron chi connectivity index (χ0n) is 13.9. The molecule has 0 bridgehead atoms. The van der Waals surface area contributed by atoms with E-state index in [0.29, 0.717) is 22.3 Å². The third kappa shape index (κ3) is 3.74. The molecule has 2 aromatic rings. The summed E-state index contributed by atoms with van der Waals surface area (Å²) < 4.78 is 13.0. The minimum atomic E-state index is -0.320. The Morgan fingerprint density at radius 3 is 2.60 bits per heavy atom. The molecule has 1 aliphatic heterocycles. The van der Waals surface area contributed by atoms with Crippen LogP contribution in [0.25, 0.3) is 6.08 Å². The van der Waals surface area contributed by atoms with Crippen LogP contribution in [-0.4, -0.2) is 27.6 Å². The zero-order chi connectivity index (χ0) is 18.0. The van der Waals surface area contributed by atoms with E-state index in [1.54, 1.807) is 35.2 Å². The normalized spacial score (nSPS) is 17.7. The number of aryl methyl sites for hydroxylation is 1. The van der Waals surface area contributed by atoms with Crippen molar-refractivity contribution >= 4 is 34.6 Å². The molecular weight excluding hydrogens is 339 g/mol. The molecule has 4 nitrogen and oxygen atoms in total. The highest BCUT2D eigenvalue weighted by molar-refractivity contribution is 8.18. The van der Waals surface area contributed by atoms with Crippen LogP contribution in [0.3, 0.4) is 0 Å². The van der Waals surface area contributed by atoms with Gasteiger partial charge in [-0.3, -0.25) is 9.69 Å². The Morgan fingerprint density at radius 2 is 1.96 bits per heavy atom. The molecule has 1 fully saturated rings. The van der Waals surface area contributed by atoms with E-state index in [0.717, 1.165) is 11.1 Å². The molecule has 1 amide bonds. The molecule has 3 rings (SSSR count). The number of thioether (sulfide) groups is 1. The number of rotatable bonds is 3. The molecule has 0 aliphatic carbocycles. The first-order valence-corrected chi connectivity index (χ1v) is 8.65. The average Bonchev–Trinajstić information content (AvgIpc) is 2.87. The molecular formula is C19H17FN2O2S. The third-order valence-corrected chi connectivity index (χ3v) is 4.73.